The lowest BCUT2D eigenvalue weighted by molar-refractivity contribution is -0.132. The zero-order chi connectivity index (χ0) is 25.4. The normalized spacial score (nSPS) is 14.6. The number of hydrazine groups is 1. The second kappa shape index (κ2) is 16.0. The van der Waals surface area contributed by atoms with E-state index in [9.17, 15) is 14.7 Å². The summed E-state index contributed by atoms with van der Waals surface area (Å²) in [5.41, 5.74) is 2.20. The van der Waals surface area contributed by atoms with Crippen molar-refractivity contribution in [3.8, 4) is 5.69 Å². The Bertz CT molecular complexity index is 799. The van der Waals surface area contributed by atoms with E-state index in [0.717, 1.165) is 30.0 Å². The van der Waals surface area contributed by atoms with Gasteiger partial charge in [-0.3, -0.25) is 21.3 Å². The first-order valence-corrected chi connectivity index (χ1v) is 11.2. The van der Waals surface area contributed by atoms with Crippen molar-refractivity contribution in [1.82, 2.24) is 19.8 Å². The third-order valence-electron chi connectivity index (χ3n) is 4.63. The van der Waals surface area contributed by atoms with Crippen molar-refractivity contribution in [2.45, 2.75) is 67.0 Å². The minimum Gasteiger partial charge on any atom is -0.391 e. The van der Waals surface area contributed by atoms with Crippen molar-refractivity contribution in [2.75, 3.05) is 13.1 Å². The van der Waals surface area contributed by atoms with Crippen LogP contribution in [0.5, 0.6) is 0 Å². The molecule has 1 saturated heterocycles. The van der Waals surface area contributed by atoms with Gasteiger partial charge in [-0.1, -0.05) is 46.8 Å². The minimum atomic E-state index is -0.302. The number of likely N-dealkylation sites (tertiary alicyclic amines) is 1. The Hall–Kier alpha value is -2.75. The van der Waals surface area contributed by atoms with Gasteiger partial charge in [0, 0.05) is 44.1 Å². The molecule has 2 aromatic rings. The van der Waals surface area contributed by atoms with Gasteiger partial charge in [0.1, 0.15) is 5.82 Å². The molecule has 2 heterocycles. The summed E-state index contributed by atoms with van der Waals surface area (Å²) in [6.07, 6.45) is 5.40. The molecule has 0 bridgehead atoms. The maximum absolute atomic E-state index is 11.6. The van der Waals surface area contributed by atoms with Crippen LogP contribution in [0.1, 0.15) is 58.8 Å². The van der Waals surface area contributed by atoms with Crippen LogP contribution in [-0.2, 0) is 16.1 Å². The molecule has 1 atom stereocenters. The number of hydrogen-bond acceptors (Lipinski definition) is 6. The molecule has 1 aromatic carbocycles. The lowest BCUT2D eigenvalue weighted by atomic mass is 9.92. The molecular weight excluding hydrogens is 420 g/mol. The molecule has 0 radical (unpaired) electrons. The molecular formula is C24H42N6O3. The SMILES string of the molecule is CC.CC(C)(C)CC(=O)N1CCC(O)C1.Cc1nccn1-c1ccc(CNC=O)cc1.NN. The van der Waals surface area contributed by atoms with E-state index in [1.165, 1.54) is 0 Å². The van der Waals surface area contributed by atoms with Crippen molar-refractivity contribution >= 4 is 12.3 Å². The summed E-state index contributed by atoms with van der Waals surface area (Å²) in [5, 5.41) is 11.9. The number of benzene rings is 1. The van der Waals surface area contributed by atoms with Crippen molar-refractivity contribution in [1.29, 1.82) is 0 Å². The van der Waals surface area contributed by atoms with Gasteiger partial charge in [-0.25, -0.2) is 4.98 Å². The maximum atomic E-state index is 11.6. The lowest BCUT2D eigenvalue weighted by Gasteiger charge is -2.22. The van der Waals surface area contributed by atoms with Gasteiger partial charge >= 0.3 is 0 Å². The molecule has 0 saturated carbocycles. The van der Waals surface area contributed by atoms with Gasteiger partial charge < -0.3 is 19.9 Å². The van der Waals surface area contributed by atoms with Gasteiger partial charge in [0.05, 0.1) is 6.10 Å². The fourth-order valence-electron chi connectivity index (χ4n) is 3.12. The molecule has 186 valence electrons. The van der Waals surface area contributed by atoms with Crippen LogP contribution in [0.4, 0.5) is 0 Å². The number of aliphatic hydroxyl groups excluding tert-OH is 1. The summed E-state index contributed by atoms with van der Waals surface area (Å²) >= 11 is 0. The number of aromatic nitrogens is 2. The Morgan fingerprint density at radius 3 is 2.27 bits per heavy atom. The first kappa shape index (κ1) is 30.2. The Morgan fingerprint density at radius 1 is 1.24 bits per heavy atom. The summed E-state index contributed by atoms with van der Waals surface area (Å²) in [4.78, 5) is 27.7. The van der Waals surface area contributed by atoms with Crippen LogP contribution in [0.25, 0.3) is 5.69 Å². The predicted molar refractivity (Wildman–Crippen MR) is 132 cm³/mol. The second-order valence-corrected chi connectivity index (χ2v) is 8.53. The van der Waals surface area contributed by atoms with Gasteiger partial charge in [0.2, 0.25) is 12.3 Å². The lowest BCUT2D eigenvalue weighted by Crippen LogP contribution is -2.32. The van der Waals surface area contributed by atoms with E-state index in [1.54, 1.807) is 11.1 Å². The average Bonchev–Trinajstić information content (AvgIpc) is 3.43. The Morgan fingerprint density at radius 2 is 1.85 bits per heavy atom. The van der Waals surface area contributed by atoms with Gasteiger partial charge in [-0.05, 0) is 36.5 Å². The van der Waals surface area contributed by atoms with E-state index in [4.69, 9.17) is 0 Å². The third-order valence-corrected chi connectivity index (χ3v) is 4.63. The number of hydrogen-bond donors (Lipinski definition) is 4. The summed E-state index contributed by atoms with van der Waals surface area (Å²) in [7, 11) is 0. The smallest absolute Gasteiger partial charge is 0.223 e. The predicted octanol–water partition coefficient (Wildman–Crippen LogP) is 2.29. The largest absolute Gasteiger partial charge is 0.391 e. The molecule has 0 aliphatic carbocycles. The molecule has 1 fully saturated rings. The number of nitrogens with zero attached hydrogens (tertiary/aromatic N) is 3. The highest BCUT2D eigenvalue weighted by atomic mass is 16.3. The number of β-amino-alcohol motifs (C(OH)–C–C–N with tert-alkyl or cyclic N) is 1. The number of aliphatic hydroxyl groups is 1. The molecule has 2 amide bonds. The third kappa shape index (κ3) is 11.6. The van der Waals surface area contributed by atoms with Crippen LogP contribution in [0.15, 0.2) is 36.7 Å². The number of nitrogens with two attached hydrogens (primary N) is 2. The van der Waals surface area contributed by atoms with Crippen LogP contribution in [0, 0.1) is 12.3 Å². The highest BCUT2D eigenvalue weighted by Crippen LogP contribution is 2.21. The monoisotopic (exact) mass is 462 g/mol. The van der Waals surface area contributed by atoms with Crippen molar-refractivity contribution in [2.24, 2.45) is 17.1 Å². The Kier molecular flexibility index (Phi) is 14.6. The Labute approximate surface area is 198 Å². The summed E-state index contributed by atoms with van der Waals surface area (Å²) in [6, 6.07) is 8.00. The minimum absolute atomic E-state index is 0.0463. The first-order chi connectivity index (χ1) is 15.7. The average molecular weight is 463 g/mol. The number of amides is 2. The zero-order valence-electron chi connectivity index (χ0n) is 20.9. The topological polar surface area (TPSA) is 140 Å². The van der Waals surface area contributed by atoms with Crippen LogP contribution in [0.2, 0.25) is 0 Å². The highest BCUT2D eigenvalue weighted by Gasteiger charge is 2.27. The van der Waals surface area contributed by atoms with Gasteiger partial charge in [0.15, 0.2) is 0 Å². The maximum Gasteiger partial charge on any atom is 0.223 e. The fourth-order valence-corrected chi connectivity index (χ4v) is 3.12. The molecule has 0 spiro atoms. The van der Waals surface area contributed by atoms with Crippen molar-refractivity contribution in [3.05, 3.63) is 48.0 Å². The molecule has 9 nitrogen and oxygen atoms in total. The summed E-state index contributed by atoms with van der Waals surface area (Å²) in [5.74, 6) is 9.13. The van der Waals surface area contributed by atoms with Gasteiger partial charge in [0.25, 0.3) is 0 Å². The molecule has 3 rings (SSSR count). The number of rotatable bonds is 5. The highest BCUT2D eigenvalue weighted by molar-refractivity contribution is 5.77. The quantitative estimate of drug-likeness (QED) is 0.305. The second-order valence-electron chi connectivity index (χ2n) is 8.53. The number of imidazole rings is 1. The molecule has 1 unspecified atom stereocenters. The summed E-state index contributed by atoms with van der Waals surface area (Å²) in [6.45, 7) is 13.9. The standard InChI is InChI=1S/C12H13N3O.C10H19NO2.C2H6.H4N2/c1-10-14-6-7-15(10)12-4-2-11(3-5-12)8-13-9-16;1-10(2,3)6-9(13)11-5-4-8(12)7-11;2*1-2/h2-7,9H,8H2,1H3,(H,13,16);8,12H,4-7H2,1-3H3;1-2H3;1-2H2. The van der Waals surface area contributed by atoms with Crippen LogP contribution in [0.3, 0.4) is 0 Å². The van der Waals surface area contributed by atoms with E-state index < -0.39 is 0 Å². The van der Waals surface area contributed by atoms with Crippen molar-refractivity contribution in [3.63, 3.8) is 0 Å². The fraction of sp³-hybridized carbons (Fsp3) is 0.542. The zero-order valence-corrected chi connectivity index (χ0v) is 20.9. The van der Waals surface area contributed by atoms with Gasteiger partial charge in [-0.2, -0.15) is 0 Å². The van der Waals surface area contributed by atoms with Gasteiger partial charge in [-0.15, -0.1) is 0 Å². The van der Waals surface area contributed by atoms with E-state index in [-0.39, 0.29) is 17.4 Å². The summed E-state index contributed by atoms with van der Waals surface area (Å²) < 4.78 is 2.01. The Balaban J connectivity index is 0.000000549. The molecule has 33 heavy (non-hydrogen) atoms. The molecule has 1 aliphatic heterocycles. The molecule has 1 aromatic heterocycles. The van der Waals surface area contributed by atoms with E-state index in [2.05, 4.69) is 42.8 Å². The van der Waals surface area contributed by atoms with E-state index in [0.29, 0.717) is 25.9 Å². The number of aryl methyl sites for hydroxylation is 1. The van der Waals surface area contributed by atoms with Crippen molar-refractivity contribution < 1.29 is 14.7 Å². The van der Waals surface area contributed by atoms with E-state index >= 15 is 0 Å². The molecule has 6 N–H and O–H groups in total. The molecule has 1 aliphatic rings. The van der Waals surface area contributed by atoms with Crippen LogP contribution in [-0.4, -0.2) is 51.1 Å². The van der Waals surface area contributed by atoms with E-state index in [1.807, 2.05) is 55.8 Å². The molecule has 9 heteroatoms. The number of carbonyl (C=O) groups is 2. The van der Waals surface area contributed by atoms with Crippen LogP contribution >= 0.6 is 0 Å². The number of nitrogens with one attached hydrogen (secondary N) is 1. The van der Waals surface area contributed by atoms with Crippen LogP contribution < -0.4 is 17.0 Å². The first-order valence-electron chi connectivity index (χ1n) is 11.2. The number of carbonyl (C=O) groups excluding carboxylic acids is 2.